The summed E-state index contributed by atoms with van der Waals surface area (Å²) in [5.41, 5.74) is 2.26. The zero-order chi connectivity index (χ0) is 24.6. The first kappa shape index (κ1) is 23.8. The summed E-state index contributed by atoms with van der Waals surface area (Å²) in [4.78, 5) is 26.5. The number of ether oxygens (including phenoxy) is 1. The van der Waals surface area contributed by atoms with Gasteiger partial charge in [-0.05, 0) is 67.4 Å². The number of hydrogen-bond donors (Lipinski definition) is 1. The number of aromatic nitrogens is 6. The van der Waals surface area contributed by atoms with E-state index < -0.39 is 5.60 Å². The molecule has 0 saturated carbocycles. The monoisotopic (exact) mass is 524 g/mol. The van der Waals surface area contributed by atoms with E-state index >= 15 is 0 Å². The number of hydrogen-bond acceptors (Lipinski definition) is 7. The molecule has 0 atom stereocenters. The van der Waals surface area contributed by atoms with Crippen LogP contribution in [-0.4, -0.2) is 34.4 Å². The molecule has 4 aromatic rings. The molecule has 1 N–H and O–H groups in total. The molecular weight excluding hydrogens is 500 g/mol. The van der Waals surface area contributed by atoms with Crippen LogP contribution in [0.2, 0.25) is 0 Å². The fourth-order valence-corrected chi connectivity index (χ4v) is 3.85. The fraction of sp³-hybridized carbons (Fsp3) is 0.292. The smallest absolute Gasteiger partial charge is 0.276 e. The third-order valence-electron chi connectivity index (χ3n) is 5.24. The molecule has 3 heterocycles. The van der Waals surface area contributed by atoms with Gasteiger partial charge in [-0.3, -0.25) is 14.0 Å². The van der Waals surface area contributed by atoms with E-state index in [-0.39, 0.29) is 22.5 Å². The molecular formula is C24H25BrN6O3. The van der Waals surface area contributed by atoms with Crippen LogP contribution >= 0.6 is 15.9 Å². The summed E-state index contributed by atoms with van der Waals surface area (Å²) in [5, 5.41) is 14.6. The van der Waals surface area contributed by atoms with Crippen LogP contribution in [0.4, 0.5) is 0 Å². The summed E-state index contributed by atoms with van der Waals surface area (Å²) in [6, 6.07) is 9.32. The summed E-state index contributed by atoms with van der Waals surface area (Å²) in [7, 11) is 1.83. The van der Waals surface area contributed by atoms with Gasteiger partial charge < -0.3 is 9.84 Å². The molecule has 0 aliphatic heterocycles. The van der Waals surface area contributed by atoms with Crippen molar-refractivity contribution in [2.45, 2.75) is 39.9 Å². The first-order valence-electron chi connectivity index (χ1n) is 10.6. The number of aliphatic hydroxyl groups is 1. The van der Waals surface area contributed by atoms with E-state index in [4.69, 9.17) is 4.74 Å². The maximum absolute atomic E-state index is 13.3. The van der Waals surface area contributed by atoms with Crippen molar-refractivity contribution >= 4 is 15.9 Å². The predicted molar refractivity (Wildman–Crippen MR) is 131 cm³/mol. The highest BCUT2D eigenvalue weighted by atomic mass is 79.9. The molecule has 0 saturated heterocycles. The lowest BCUT2D eigenvalue weighted by atomic mass is 10.1. The molecule has 176 valence electrons. The highest BCUT2D eigenvalue weighted by Gasteiger charge is 2.21. The summed E-state index contributed by atoms with van der Waals surface area (Å²) in [5.74, 6) is 1.01. The Bertz CT molecular complexity index is 1420. The molecule has 9 nitrogen and oxygen atoms in total. The van der Waals surface area contributed by atoms with Gasteiger partial charge in [-0.2, -0.15) is 10.1 Å². The lowest BCUT2D eigenvalue weighted by Crippen LogP contribution is -2.24. The molecule has 3 aromatic heterocycles. The molecule has 0 bridgehead atoms. The normalized spacial score (nSPS) is 11.6. The molecule has 0 aliphatic carbocycles. The Labute approximate surface area is 205 Å². The molecule has 0 amide bonds. The van der Waals surface area contributed by atoms with Crippen LogP contribution in [-0.2, 0) is 19.3 Å². The topological polar surface area (TPSA) is 108 Å². The SMILES string of the molecule is Cc1ccc(-c2ccnc(C(C)(C)O)n2)cc1-n1c(C)nc(OCc2ccn(C)n2)c(Br)c1=O. The molecule has 0 spiro atoms. The Morgan fingerprint density at radius 1 is 1.15 bits per heavy atom. The summed E-state index contributed by atoms with van der Waals surface area (Å²) >= 11 is 3.37. The number of halogens is 1. The van der Waals surface area contributed by atoms with Gasteiger partial charge in [0.25, 0.3) is 5.56 Å². The zero-order valence-electron chi connectivity index (χ0n) is 19.6. The van der Waals surface area contributed by atoms with Crippen LogP contribution in [0.1, 0.15) is 36.8 Å². The third-order valence-corrected chi connectivity index (χ3v) is 5.92. The van der Waals surface area contributed by atoms with Gasteiger partial charge in [0.1, 0.15) is 22.5 Å². The maximum Gasteiger partial charge on any atom is 0.276 e. The van der Waals surface area contributed by atoms with Crippen LogP contribution in [0.3, 0.4) is 0 Å². The van der Waals surface area contributed by atoms with Gasteiger partial charge in [0, 0.05) is 25.0 Å². The Morgan fingerprint density at radius 3 is 2.59 bits per heavy atom. The zero-order valence-corrected chi connectivity index (χ0v) is 21.2. The van der Waals surface area contributed by atoms with Crippen LogP contribution in [0, 0.1) is 13.8 Å². The van der Waals surface area contributed by atoms with Crippen molar-refractivity contribution in [3.8, 4) is 22.8 Å². The summed E-state index contributed by atoms with van der Waals surface area (Å²) < 4.78 is 9.22. The second-order valence-corrected chi connectivity index (χ2v) is 9.31. The highest BCUT2D eigenvalue weighted by Crippen LogP contribution is 2.27. The van der Waals surface area contributed by atoms with E-state index in [0.717, 1.165) is 16.8 Å². The average molecular weight is 525 g/mol. The van der Waals surface area contributed by atoms with E-state index in [9.17, 15) is 9.90 Å². The van der Waals surface area contributed by atoms with Gasteiger partial charge >= 0.3 is 0 Å². The van der Waals surface area contributed by atoms with Gasteiger partial charge in [0.05, 0.1) is 17.1 Å². The number of rotatable bonds is 6. The quantitative estimate of drug-likeness (QED) is 0.410. The minimum atomic E-state index is -1.17. The number of aryl methyl sites for hydroxylation is 3. The highest BCUT2D eigenvalue weighted by molar-refractivity contribution is 9.10. The van der Waals surface area contributed by atoms with Gasteiger partial charge in [0.15, 0.2) is 5.82 Å². The molecule has 10 heteroatoms. The maximum atomic E-state index is 13.3. The first-order chi connectivity index (χ1) is 16.0. The Morgan fingerprint density at radius 2 is 1.91 bits per heavy atom. The van der Waals surface area contributed by atoms with Crippen LogP contribution in [0.25, 0.3) is 16.9 Å². The first-order valence-corrected chi connectivity index (χ1v) is 11.4. The van der Waals surface area contributed by atoms with Crippen molar-refractivity contribution in [3.63, 3.8) is 0 Å². The molecule has 34 heavy (non-hydrogen) atoms. The standard InChI is InChI=1S/C24H25BrN6O3/c1-14-6-7-16(18-8-10-26-23(28-18)24(3,4)33)12-19(14)31-15(2)27-21(20(25)22(31)32)34-13-17-9-11-30(5)29-17/h6-12,33H,13H2,1-5H3. The second-order valence-electron chi connectivity index (χ2n) is 8.51. The van der Waals surface area contributed by atoms with Crippen LogP contribution in [0.5, 0.6) is 5.88 Å². The number of benzene rings is 1. The second kappa shape index (κ2) is 9.11. The van der Waals surface area contributed by atoms with Crippen LogP contribution in [0.15, 0.2) is 52.0 Å². The van der Waals surface area contributed by atoms with Gasteiger partial charge in [-0.1, -0.05) is 12.1 Å². The van der Waals surface area contributed by atoms with Crippen molar-refractivity contribution < 1.29 is 9.84 Å². The lowest BCUT2D eigenvalue weighted by Gasteiger charge is -2.17. The molecule has 4 rings (SSSR count). The Balaban J connectivity index is 1.73. The van der Waals surface area contributed by atoms with Crippen molar-refractivity contribution in [3.05, 3.63) is 80.5 Å². The predicted octanol–water partition coefficient (Wildman–Crippen LogP) is 3.61. The molecule has 0 aliphatic rings. The minimum Gasteiger partial charge on any atom is -0.470 e. The lowest BCUT2D eigenvalue weighted by molar-refractivity contribution is 0.0688. The van der Waals surface area contributed by atoms with Gasteiger partial charge in [-0.15, -0.1) is 0 Å². The van der Waals surface area contributed by atoms with Crippen LogP contribution < -0.4 is 10.3 Å². The minimum absolute atomic E-state index is 0.196. The Kier molecular flexibility index (Phi) is 6.37. The van der Waals surface area contributed by atoms with E-state index in [0.29, 0.717) is 23.0 Å². The van der Waals surface area contributed by atoms with E-state index in [2.05, 4.69) is 36.0 Å². The van der Waals surface area contributed by atoms with Crippen molar-refractivity contribution in [2.24, 2.45) is 7.05 Å². The Hall–Kier alpha value is -3.37. The van der Waals surface area contributed by atoms with Crippen molar-refractivity contribution in [1.82, 2.24) is 29.3 Å². The average Bonchev–Trinajstić information content (AvgIpc) is 3.21. The number of nitrogens with zero attached hydrogens (tertiary/aromatic N) is 6. The van der Waals surface area contributed by atoms with E-state index in [1.807, 2.05) is 44.4 Å². The fourth-order valence-electron chi connectivity index (χ4n) is 3.47. The van der Waals surface area contributed by atoms with Crippen molar-refractivity contribution in [2.75, 3.05) is 0 Å². The van der Waals surface area contributed by atoms with E-state index in [1.54, 1.807) is 37.7 Å². The molecule has 0 radical (unpaired) electrons. The van der Waals surface area contributed by atoms with Crippen molar-refractivity contribution in [1.29, 1.82) is 0 Å². The van der Waals surface area contributed by atoms with Gasteiger partial charge in [-0.25, -0.2) is 9.97 Å². The summed E-state index contributed by atoms with van der Waals surface area (Å²) in [6.07, 6.45) is 3.43. The molecule has 0 unspecified atom stereocenters. The summed E-state index contributed by atoms with van der Waals surface area (Å²) in [6.45, 7) is 7.14. The molecule has 1 aromatic carbocycles. The third kappa shape index (κ3) is 4.78. The largest absolute Gasteiger partial charge is 0.470 e. The van der Waals surface area contributed by atoms with E-state index in [1.165, 1.54) is 4.57 Å². The van der Waals surface area contributed by atoms with Gasteiger partial charge in [0.2, 0.25) is 5.88 Å². The molecule has 0 fully saturated rings.